The molecule has 0 spiro atoms. The molecule has 20 heavy (non-hydrogen) atoms. The highest BCUT2D eigenvalue weighted by Gasteiger charge is 2.27. The van der Waals surface area contributed by atoms with Gasteiger partial charge in [0, 0.05) is 14.9 Å². The second-order valence-corrected chi connectivity index (χ2v) is 7.17. The first-order valence-corrected chi connectivity index (χ1v) is 8.48. The van der Waals surface area contributed by atoms with Crippen LogP contribution in [0.5, 0.6) is 0 Å². The van der Waals surface area contributed by atoms with Gasteiger partial charge in [0.1, 0.15) is 0 Å². The maximum Gasteiger partial charge on any atom is 0.0452 e. The van der Waals surface area contributed by atoms with Gasteiger partial charge in [-0.2, -0.15) is 0 Å². The normalized spacial score (nSPS) is 21.6. The first-order chi connectivity index (χ1) is 9.65. The molecule has 1 aliphatic carbocycles. The second-order valence-electron chi connectivity index (χ2n) is 5.34. The van der Waals surface area contributed by atoms with Gasteiger partial charge in [0.15, 0.2) is 0 Å². The summed E-state index contributed by atoms with van der Waals surface area (Å²) in [6.07, 6.45) is 3.32. The van der Waals surface area contributed by atoms with Gasteiger partial charge in [0.05, 0.1) is 0 Å². The molecule has 104 valence electrons. The van der Waals surface area contributed by atoms with Crippen LogP contribution >= 0.6 is 39.1 Å². The van der Waals surface area contributed by atoms with Gasteiger partial charge in [-0.05, 0) is 54.0 Å². The predicted molar refractivity (Wildman–Crippen MR) is 90.1 cm³/mol. The Morgan fingerprint density at radius 3 is 2.70 bits per heavy atom. The summed E-state index contributed by atoms with van der Waals surface area (Å²) in [5.41, 5.74) is 4.08. The minimum atomic E-state index is 0.402. The fourth-order valence-corrected chi connectivity index (χ4v) is 4.33. The Balaban J connectivity index is 1.83. The van der Waals surface area contributed by atoms with Crippen LogP contribution in [0.4, 0.5) is 0 Å². The molecule has 0 N–H and O–H groups in total. The van der Waals surface area contributed by atoms with Crippen LogP contribution in [0, 0.1) is 5.92 Å². The third-order valence-electron chi connectivity index (χ3n) is 4.05. The summed E-state index contributed by atoms with van der Waals surface area (Å²) in [5, 5.41) is 1.47. The Bertz CT molecular complexity index is 624. The summed E-state index contributed by atoms with van der Waals surface area (Å²) in [5.74, 6) is 0.573. The van der Waals surface area contributed by atoms with E-state index in [2.05, 4.69) is 40.2 Å². The van der Waals surface area contributed by atoms with Crippen molar-refractivity contribution in [1.82, 2.24) is 0 Å². The molecule has 0 amide bonds. The van der Waals surface area contributed by atoms with E-state index in [1.54, 1.807) is 0 Å². The molecular formula is C17H15BrCl2. The number of aryl methyl sites for hydroxylation is 1. The standard InChI is InChI=1S/C17H15BrCl2/c18-17-13(6-5-11-3-1-2-4-15(11)17)9-12-7-8-14(19)10-16(12)20/h1-4,7-8,10,13,17H,5-6,9H2. The molecule has 0 aromatic heterocycles. The summed E-state index contributed by atoms with van der Waals surface area (Å²) in [6, 6.07) is 14.5. The molecule has 3 rings (SSSR count). The average molecular weight is 370 g/mol. The van der Waals surface area contributed by atoms with E-state index in [0.29, 0.717) is 15.8 Å². The molecular weight excluding hydrogens is 355 g/mol. The summed E-state index contributed by atoms with van der Waals surface area (Å²) in [4.78, 5) is 0.402. The van der Waals surface area contributed by atoms with Crippen LogP contribution in [0.3, 0.4) is 0 Å². The van der Waals surface area contributed by atoms with Crippen molar-refractivity contribution >= 4 is 39.1 Å². The Hall–Kier alpha value is -0.500. The zero-order valence-corrected chi connectivity index (χ0v) is 14.0. The Labute approximate surface area is 138 Å². The Morgan fingerprint density at radius 1 is 1.10 bits per heavy atom. The topological polar surface area (TPSA) is 0 Å². The third-order valence-corrected chi connectivity index (χ3v) is 5.88. The summed E-state index contributed by atoms with van der Waals surface area (Å²) in [6.45, 7) is 0. The fraction of sp³-hybridized carbons (Fsp3) is 0.294. The lowest BCUT2D eigenvalue weighted by molar-refractivity contribution is 0.452. The number of rotatable bonds is 2. The van der Waals surface area contributed by atoms with E-state index >= 15 is 0 Å². The van der Waals surface area contributed by atoms with Crippen molar-refractivity contribution < 1.29 is 0 Å². The summed E-state index contributed by atoms with van der Waals surface area (Å²) in [7, 11) is 0. The minimum Gasteiger partial charge on any atom is -0.0843 e. The van der Waals surface area contributed by atoms with Gasteiger partial charge < -0.3 is 0 Å². The molecule has 0 fully saturated rings. The number of benzene rings is 2. The lowest BCUT2D eigenvalue weighted by Gasteiger charge is -2.30. The highest BCUT2D eigenvalue weighted by molar-refractivity contribution is 9.09. The van der Waals surface area contributed by atoms with Crippen molar-refractivity contribution in [2.24, 2.45) is 5.92 Å². The number of hydrogen-bond acceptors (Lipinski definition) is 0. The number of alkyl halides is 1. The van der Waals surface area contributed by atoms with Gasteiger partial charge in [-0.15, -0.1) is 0 Å². The van der Waals surface area contributed by atoms with Crippen molar-refractivity contribution in [3.63, 3.8) is 0 Å². The molecule has 2 aromatic carbocycles. The Kier molecular flexibility index (Phi) is 4.40. The van der Waals surface area contributed by atoms with Crippen LogP contribution in [0.2, 0.25) is 10.0 Å². The molecule has 0 bridgehead atoms. The smallest absolute Gasteiger partial charge is 0.0452 e. The van der Waals surface area contributed by atoms with Crippen molar-refractivity contribution in [3.8, 4) is 0 Å². The van der Waals surface area contributed by atoms with E-state index in [9.17, 15) is 0 Å². The highest BCUT2D eigenvalue weighted by atomic mass is 79.9. The van der Waals surface area contributed by atoms with E-state index in [4.69, 9.17) is 23.2 Å². The van der Waals surface area contributed by atoms with E-state index in [1.807, 2.05) is 18.2 Å². The molecule has 2 aromatic rings. The number of halogens is 3. The second kappa shape index (κ2) is 6.09. The van der Waals surface area contributed by atoms with Crippen molar-refractivity contribution in [3.05, 3.63) is 69.2 Å². The fourth-order valence-electron chi connectivity index (χ4n) is 2.95. The van der Waals surface area contributed by atoms with Crippen molar-refractivity contribution in [2.45, 2.75) is 24.1 Å². The molecule has 0 heterocycles. The molecule has 0 saturated carbocycles. The SMILES string of the molecule is Clc1ccc(CC2CCc3ccccc3C2Br)c(Cl)c1. The first-order valence-electron chi connectivity index (χ1n) is 6.81. The summed E-state index contributed by atoms with van der Waals surface area (Å²) < 4.78 is 0. The van der Waals surface area contributed by atoms with Gasteiger partial charge in [-0.25, -0.2) is 0 Å². The van der Waals surface area contributed by atoms with Crippen LogP contribution < -0.4 is 0 Å². The monoisotopic (exact) mass is 368 g/mol. The van der Waals surface area contributed by atoms with Gasteiger partial charge in [-0.3, -0.25) is 0 Å². The maximum absolute atomic E-state index is 6.30. The first kappa shape index (κ1) is 14.4. The molecule has 0 saturated heterocycles. The molecule has 1 aliphatic rings. The van der Waals surface area contributed by atoms with Crippen LogP contribution in [0.1, 0.15) is 27.9 Å². The van der Waals surface area contributed by atoms with E-state index < -0.39 is 0 Å². The third kappa shape index (κ3) is 2.90. The zero-order valence-electron chi connectivity index (χ0n) is 11.0. The van der Waals surface area contributed by atoms with Crippen molar-refractivity contribution in [1.29, 1.82) is 0 Å². The largest absolute Gasteiger partial charge is 0.0843 e. The van der Waals surface area contributed by atoms with E-state index in [0.717, 1.165) is 17.9 Å². The van der Waals surface area contributed by atoms with Crippen LogP contribution in [-0.2, 0) is 12.8 Å². The molecule has 0 aliphatic heterocycles. The lowest BCUT2D eigenvalue weighted by Crippen LogP contribution is -2.19. The molecule has 2 unspecified atom stereocenters. The van der Waals surface area contributed by atoms with Crippen LogP contribution in [0.25, 0.3) is 0 Å². The Morgan fingerprint density at radius 2 is 1.90 bits per heavy atom. The maximum atomic E-state index is 6.30. The average Bonchev–Trinajstić information content (AvgIpc) is 2.45. The van der Waals surface area contributed by atoms with Gasteiger partial charge in [0.2, 0.25) is 0 Å². The van der Waals surface area contributed by atoms with Gasteiger partial charge in [0.25, 0.3) is 0 Å². The minimum absolute atomic E-state index is 0.402. The van der Waals surface area contributed by atoms with Crippen LogP contribution in [0.15, 0.2) is 42.5 Å². The quantitative estimate of drug-likeness (QED) is 0.550. The van der Waals surface area contributed by atoms with Crippen molar-refractivity contribution in [2.75, 3.05) is 0 Å². The number of hydrogen-bond donors (Lipinski definition) is 0. The molecule has 3 heteroatoms. The summed E-state index contributed by atoms with van der Waals surface area (Å²) >= 11 is 16.1. The predicted octanol–water partition coefficient (Wildman–Crippen LogP) is 6.23. The van der Waals surface area contributed by atoms with Crippen LogP contribution in [-0.4, -0.2) is 0 Å². The highest BCUT2D eigenvalue weighted by Crippen LogP contribution is 2.42. The molecule has 0 nitrogen and oxygen atoms in total. The molecule has 2 atom stereocenters. The molecule has 0 radical (unpaired) electrons. The zero-order chi connectivity index (χ0) is 14.1. The lowest BCUT2D eigenvalue weighted by atomic mass is 9.81. The van der Waals surface area contributed by atoms with E-state index in [1.165, 1.54) is 23.1 Å². The number of fused-ring (bicyclic) bond motifs is 1. The van der Waals surface area contributed by atoms with Gasteiger partial charge >= 0.3 is 0 Å². The van der Waals surface area contributed by atoms with Gasteiger partial charge in [-0.1, -0.05) is 69.5 Å². The van der Waals surface area contributed by atoms with E-state index in [-0.39, 0.29) is 0 Å².